The quantitative estimate of drug-likeness (QED) is 0.591. The number of benzene rings is 1. The second-order valence-corrected chi connectivity index (χ2v) is 5.75. The van der Waals surface area contributed by atoms with Gasteiger partial charge in [-0.3, -0.25) is 9.78 Å². The van der Waals surface area contributed by atoms with Gasteiger partial charge in [-0.25, -0.2) is 14.4 Å². The van der Waals surface area contributed by atoms with Gasteiger partial charge in [-0.15, -0.1) is 0 Å². The van der Waals surface area contributed by atoms with Crippen LogP contribution in [-0.2, 0) is 4.79 Å². The number of aromatic amines is 1. The van der Waals surface area contributed by atoms with Crippen LogP contribution in [0.25, 0.3) is 33.5 Å². The van der Waals surface area contributed by atoms with E-state index >= 15 is 0 Å². The molecule has 0 saturated carbocycles. The maximum atomic E-state index is 13.4. The number of carbonyl (C=O) groups excluding carboxylic acids is 1. The van der Waals surface area contributed by atoms with Crippen molar-refractivity contribution in [3.05, 3.63) is 60.8 Å². The Balaban J connectivity index is 1.94. The van der Waals surface area contributed by atoms with Crippen molar-refractivity contribution < 1.29 is 9.18 Å². The topological polar surface area (TPSA) is 83.6 Å². The molecule has 6 nitrogen and oxygen atoms in total. The molecule has 7 heteroatoms. The first-order valence-electron chi connectivity index (χ1n) is 7.94. The van der Waals surface area contributed by atoms with Crippen molar-refractivity contribution in [2.75, 3.05) is 5.32 Å². The number of carbonyl (C=O) groups is 1. The number of amides is 1. The normalized spacial score (nSPS) is 10.8. The SMILES string of the molecule is CC(=O)Nc1cc(-c2[nH]c3nccnc3c2-c2ccc(F)cc2)ccn1. The maximum Gasteiger partial charge on any atom is 0.222 e. The van der Waals surface area contributed by atoms with E-state index < -0.39 is 0 Å². The first-order valence-corrected chi connectivity index (χ1v) is 7.94. The van der Waals surface area contributed by atoms with Gasteiger partial charge in [-0.2, -0.15) is 0 Å². The molecular formula is C19H14FN5O. The number of pyridine rings is 1. The average Bonchev–Trinajstić information content (AvgIpc) is 3.02. The molecule has 0 atom stereocenters. The number of anilines is 1. The summed E-state index contributed by atoms with van der Waals surface area (Å²) in [7, 11) is 0. The summed E-state index contributed by atoms with van der Waals surface area (Å²) in [6, 6.07) is 9.80. The first-order chi connectivity index (χ1) is 12.6. The fourth-order valence-corrected chi connectivity index (χ4v) is 2.86. The number of nitrogens with one attached hydrogen (secondary N) is 2. The first kappa shape index (κ1) is 15.9. The van der Waals surface area contributed by atoms with Crippen molar-refractivity contribution in [3.63, 3.8) is 0 Å². The zero-order chi connectivity index (χ0) is 18.1. The van der Waals surface area contributed by atoms with E-state index in [9.17, 15) is 9.18 Å². The monoisotopic (exact) mass is 347 g/mol. The van der Waals surface area contributed by atoms with Crippen LogP contribution >= 0.6 is 0 Å². The molecule has 0 bridgehead atoms. The number of fused-ring (bicyclic) bond motifs is 1. The Morgan fingerprint density at radius 2 is 1.77 bits per heavy atom. The van der Waals surface area contributed by atoms with Gasteiger partial charge >= 0.3 is 0 Å². The van der Waals surface area contributed by atoms with E-state index in [1.807, 2.05) is 6.07 Å². The van der Waals surface area contributed by atoms with Crippen LogP contribution < -0.4 is 5.32 Å². The van der Waals surface area contributed by atoms with Gasteiger partial charge in [-0.05, 0) is 29.8 Å². The average molecular weight is 347 g/mol. The van der Waals surface area contributed by atoms with Crippen molar-refractivity contribution in [3.8, 4) is 22.4 Å². The maximum absolute atomic E-state index is 13.4. The highest BCUT2D eigenvalue weighted by molar-refractivity contribution is 6.00. The molecule has 4 aromatic rings. The Hall–Kier alpha value is -3.61. The Kier molecular flexibility index (Phi) is 3.89. The molecule has 4 rings (SSSR count). The van der Waals surface area contributed by atoms with Gasteiger partial charge in [0.15, 0.2) is 5.65 Å². The third-order valence-corrected chi connectivity index (χ3v) is 3.91. The van der Waals surface area contributed by atoms with E-state index in [2.05, 4.69) is 25.3 Å². The Labute approximate surface area is 148 Å². The molecule has 0 aliphatic heterocycles. The third-order valence-electron chi connectivity index (χ3n) is 3.91. The zero-order valence-corrected chi connectivity index (χ0v) is 13.8. The van der Waals surface area contributed by atoms with Gasteiger partial charge < -0.3 is 10.3 Å². The molecule has 3 aromatic heterocycles. The van der Waals surface area contributed by atoms with Crippen molar-refractivity contribution in [1.29, 1.82) is 0 Å². The van der Waals surface area contributed by atoms with Crippen molar-refractivity contribution in [1.82, 2.24) is 19.9 Å². The Morgan fingerprint density at radius 3 is 2.54 bits per heavy atom. The van der Waals surface area contributed by atoms with Crippen LogP contribution in [0.15, 0.2) is 55.0 Å². The lowest BCUT2D eigenvalue weighted by atomic mass is 10.0. The van der Waals surface area contributed by atoms with Crippen LogP contribution in [0.5, 0.6) is 0 Å². The predicted octanol–water partition coefficient (Wildman–Crippen LogP) is 3.78. The highest BCUT2D eigenvalue weighted by Crippen LogP contribution is 2.37. The van der Waals surface area contributed by atoms with Crippen LogP contribution in [-0.4, -0.2) is 25.8 Å². The third kappa shape index (κ3) is 2.90. The number of rotatable bonds is 3. The van der Waals surface area contributed by atoms with Gasteiger partial charge in [0, 0.05) is 36.6 Å². The smallest absolute Gasteiger partial charge is 0.222 e. The van der Waals surface area contributed by atoms with Crippen molar-refractivity contribution in [2.45, 2.75) is 6.92 Å². The molecular weight excluding hydrogens is 333 g/mol. The second-order valence-electron chi connectivity index (χ2n) is 5.75. The molecule has 0 fully saturated rings. The molecule has 0 spiro atoms. The van der Waals surface area contributed by atoms with Gasteiger partial charge in [0.25, 0.3) is 0 Å². The molecule has 1 aromatic carbocycles. The van der Waals surface area contributed by atoms with Gasteiger partial charge in [0.2, 0.25) is 5.91 Å². The number of halogens is 1. The van der Waals surface area contributed by atoms with Crippen LogP contribution in [0.2, 0.25) is 0 Å². The Morgan fingerprint density at radius 1 is 1.00 bits per heavy atom. The highest BCUT2D eigenvalue weighted by Gasteiger charge is 2.17. The summed E-state index contributed by atoms with van der Waals surface area (Å²) in [5.74, 6) is -0.0638. The van der Waals surface area contributed by atoms with Crippen LogP contribution in [0.1, 0.15) is 6.92 Å². The van der Waals surface area contributed by atoms with E-state index in [1.165, 1.54) is 19.1 Å². The molecule has 3 heterocycles. The molecule has 0 unspecified atom stereocenters. The van der Waals surface area contributed by atoms with E-state index in [-0.39, 0.29) is 11.7 Å². The predicted molar refractivity (Wildman–Crippen MR) is 96.8 cm³/mol. The van der Waals surface area contributed by atoms with E-state index in [0.717, 1.165) is 22.4 Å². The lowest BCUT2D eigenvalue weighted by Crippen LogP contribution is -2.07. The summed E-state index contributed by atoms with van der Waals surface area (Å²) in [4.78, 5) is 27.5. The van der Waals surface area contributed by atoms with E-state index in [1.54, 1.807) is 36.8 Å². The number of nitrogens with zero attached hydrogens (tertiary/aromatic N) is 3. The molecule has 2 N–H and O–H groups in total. The summed E-state index contributed by atoms with van der Waals surface area (Å²) < 4.78 is 13.4. The highest BCUT2D eigenvalue weighted by atomic mass is 19.1. The Bertz CT molecular complexity index is 1100. The summed E-state index contributed by atoms with van der Waals surface area (Å²) in [6.07, 6.45) is 4.83. The van der Waals surface area contributed by atoms with E-state index in [0.29, 0.717) is 17.0 Å². The lowest BCUT2D eigenvalue weighted by Gasteiger charge is -2.07. The second kappa shape index (κ2) is 6.36. The number of aromatic nitrogens is 4. The molecule has 1 amide bonds. The van der Waals surface area contributed by atoms with Crippen LogP contribution in [0, 0.1) is 5.82 Å². The summed E-state index contributed by atoms with van der Waals surface area (Å²) in [6.45, 7) is 1.43. The standard InChI is InChI=1S/C19H14FN5O/c1-11(26)24-15-10-13(6-7-21-15)17-16(12-2-4-14(20)5-3-12)18-19(25-17)23-9-8-22-18/h2-10H,1H3,(H,23,25)(H,21,24,26). The van der Waals surface area contributed by atoms with Crippen LogP contribution in [0.3, 0.4) is 0 Å². The fourth-order valence-electron chi connectivity index (χ4n) is 2.86. The minimum atomic E-state index is -0.307. The van der Waals surface area contributed by atoms with Gasteiger partial charge in [0.1, 0.15) is 17.2 Å². The lowest BCUT2D eigenvalue weighted by molar-refractivity contribution is -0.114. The summed E-state index contributed by atoms with van der Waals surface area (Å²) in [5.41, 5.74) is 4.51. The molecule has 0 saturated heterocycles. The minimum absolute atomic E-state index is 0.201. The van der Waals surface area contributed by atoms with Crippen molar-refractivity contribution >= 4 is 22.9 Å². The molecule has 0 aliphatic rings. The van der Waals surface area contributed by atoms with Crippen LogP contribution in [0.4, 0.5) is 10.2 Å². The van der Waals surface area contributed by atoms with Gasteiger partial charge in [0.05, 0.1) is 5.69 Å². The van der Waals surface area contributed by atoms with E-state index in [4.69, 9.17) is 0 Å². The molecule has 26 heavy (non-hydrogen) atoms. The molecule has 0 radical (unpaired) electrons. The number of hydrogen-bond acceptors (Lipinski definition) is 4. The van der Waals surface area contributed by atoms with Gasteiger partial charge in [-0.1, -0.05) is 12.1 Å². The zero-order valence-electron chi connectivity index (χ0n) is 13.8. The summed E-state index contributed by atoms with van der Waals surface area (Å²) in [5, 5.41) is 2.67. The largest absolute Gasteiger partial charge is 0.337 e. The number of hydrogen-bond donors (Lipinski definition) is 2. The minimum Gasteiger partial charge on any atom is -0.337 e. The summed E-state index contributed by atoms with van der Waals surface area (Å²) >= 11 is 0. The number of H-pyrrole nitrogens is 1. The van der Waals surface area contributed by atoms with Crippen molar-refractivity contribution in [2.24, 2.45) is 0 Å². The molecule has 0 aliphatic carbocycles. The molecule has 128 valence electrons. The fraction of sp³-hybridized carbons (Fsp3) is 0.0526.